The molecular weight excluding hydrogens is 302 g/mol. The smallest absolute Gasteiger partial charge is 0.224 e. The maximum absolute atomic E-state index is 12.3. The number of fused-ring (bicyclic) bond motifs is 1. The molecule has 2 fully saturated rings. The van der Waals surface area contributed by atoms with E-state index in [4.69, 9.17) is 21.1 Å². The van der Waals surface area contributed by atoms with Gasteiger partial charge in [-0.05, 0) is 55.2 Å². The maximum atomic E-state index is 12.3. The molecule has 2 aliphatic carbocycles. The van der Waals surface area contributed by atoms with Crippen molar-refractivity contribution in [2.24, 2.45) is 11.8 Å². The predicted molar refractivity (Wildman–Crippen MR) is 83.5 cm³/mol. The van der Waals surface area contributed by atoms with Crippen molar-refractivity contribution in [2.45, 2.75) is 38.1 Å². The summed E-state index contributed by atoms with van der Waals surface area (Å²) in [5, 5.41) is 3.75. The highest BCUT2D eigenvalue weighted by atomic mass is 35.5. The topological polar surface area (TPSA) is 47.6 Å². The second kappa shape index (κ2) is 5.65. The van der Waals surface area contributed by atoms with Gasteiger partial charge in [0.05, 0.1) is 11.4 Å². The Labute approximate surface area is 135 Å². The van der Waals surface area contributed by atoms with Crippen LogP contribution in [0.5, 0.6) is 11.5 Å². The zero-order valence-electron chi connectivity index (χ0n) is 12.4. The molecule has 4 rings (SSSR count). The van der Waals surface area contributed by atoms with Gasteiger partial charge in [-0.1, -0.05) is 11.6 Å². The Morgan fingerprint density at radius 3 is 2.55 bits per heavy atom. The normalized spacial score (nSPS) is 20.1. The first kappa shape index (κ1) is 14.2. The first-order valence-electron chi connectivity index (χ1n) is 8.08. The van der Waals surface area contributed by atoms with Crippen molar-refractivity contribution in [3.8, 4) is 11.5 Å². The van der Waals surface area contributed by atoms with Gasteiger partial charge in [0, 0.05) is 6.04 Å². The molecule has 0 saturated heterocycles. The average molecular weight is 322 g/mol. The van der Waals surface area contributed by atoms with E-state index in [9.17, 15) is 4.79 Å². The minimum atomic E-state index is 0.0801. The van der Waals surface area contributed by atoms with Gasteiger partial charge in [0.25, 0.3) is 0 Å². The lowest BCUT2D eigenvalue weighted by Gasteiger charge is -2.21. The summed E-state index contributed by atoms with van der Waals surface area (Å²) in [4.78, 5) is 12.3. The molecule has 5 heteroatoms. The van der Waals surface area contributed by atoms with Crippen LogP contribution in [0.25, 0.3) is 0 Å². The van der Waals surface area contributed by atoms with Crippen LogP contribution in [0, 0.1) is 11.8 Å². The third-order valence-electron chi connectivity index (χ3n) is 4.61. The molecule has 0 aromatic heterocycles. The van der Waals surface area contributed by atoms with Crippen molar-refractivity contribution in [3.05, 3.63) is 22.7 Å². The van der Waals surface area contributed by atoms with E-state index in [1.54, 1.807) is 6.07 Å². The Morgan fingerprint density at radius 1 is 1.18 bits per heavy atom. The zero-order chi connectivity index (χ0) is 15.1. The number of nitrogens with one attached hydrogen (secondary N) is 1. The van der Waals surface area contributed by atoms with Crippen LogP contribution in [-0.4, -0.2) is 25.2 Å². The third kappa shape index (κ3) is 3.02. The fourth-order valence-corrected chi connectivity index (χ4v) is 3.51. The van der Waals surface area contributed by atoms with Crippen LogP contribution in [0.2, 0.25) is 5.02 Å². The van der Waals surface area contributed by atoms with E-state index in [0.717, 1.165) is 5.56 Å². The SMILES string of the molecule is O=C(Cc1cc(Cl)c2c(c1)OCCO2)NC(C1CC1)C1CC1. The zero-order valence-corrected chi connectivity index (χ0v) is 13.2. The number of rotatable bonds is 5. The fourth-order valence-electron chi connectivity index (χ4n) is 3.22. The van der Waals surface area contributed by atoms with Crippen LogP contribution in [0.15, 0.2) is 12.1 Å². The number of hydrogen-bond donors (Lipinski definition) is 1. The summed E-state index contributed by atoms with van der Waals surface area (Å²) in [6, 6.07) is 4.06. The lowest BCUT2D eigenvalue weighted by molar-refractivity contribution is -0.121. The van der Waals surface area contributed by atoms with E-state index >= 15 is 0 Å². The third-order valence-corrected chi connectivity index (χ3v) is 4.89. The van der Waals surface area contributed by atoms with Gasteiger partial charge in [0.2, 0.25) is 5.91 Å². The first-order chi connectivity index (χ1) is 10.7. The predicted octanol–water partition coefficient (Wildman–Crippen LogP) is 2.96. The second-order valence-corrected chi connectivity index (χ2v) is 6.95. The van der Waals surface area contributed by atoms with Gasteiger partial charge in [-0.25, -0.2) is 0 Å². The quantitative estimate of drug-likeness (QED) is 0.907. The van der Waals surface area contributed by atoms with Crippen molar-refractivity contribution in [3.63, 3.8) is 0 Å². The van der Waals surface area contributed by atoms with Crippen molar-refractivity contribution in [2.75, 3.05) is 13.2 Å². The largest absolute Gasteiger partial charge is 0.486 e. The molecule has 1 aromatic rings. The van der Waals surface area contributed by atoms with Gasteiger partial charge < -0.3 is 14.8 Å². The highest BCUT2D eigenvalue weighted by molar-refractivity contribution is 6.32. The van der Waals surface area contributed by atoms with Crippen molar-refractivity contribution in [1.29, 1.82) is 0 Å². The van der Waals surface area contributed by atoms with Crippen molar-refractivity contribution >= 4 is 17.5 Å². The van der Waals surface area contributed by atoms with Crippen LogP contribution >= 0.6 is 11.6 Å². The highest BCUT2D eigenvalue weighted by Gasteiger charge is 2.42. The minimum absolute atomic E-state index is 0.0801. The Bertz CT molecular complexity index is 584. The number of carbonyl (C=O) groups is 1. The number of benzene rings is 1. The number of ether oxygens (including phenoxy) is 2. The standard InChI is InChI=1S/C17H20ClNO3/c18-13-7-10(8-14-17(13)22-6-5-21-14)9-15(20)19-16(11-1-2-11)12-3-4-12/h7-8,11-12,16H,1-6,9H2,(H,19,20). The molecule has 1 heterocycles. The Hall–Kier alpha value is -1.42. The number of hydrogen-bond acceptors (Lipinski definition) is 3. The average Bonchev–Trinajstić information content (AvgIpc) is 3.38. The number of amides is 1. The molecule has 2 saturated carbocycles. The van der Waals surface area contributed by atoms with Gasteiger partial charge in [-0.15, -0.1) is 0 Å². The van der Waals surface area contributed by atoms with E-state index in [-0.39, 0.29) is 5.91 Å². The molecule has 1 aromatic carbocycles. The summed E-state index contributed by atoms with van der Waals surface area (Å²) in [5.74, 6) is 2.73. The molecule has 22 heavy (non-hydrogen) atoms. The van der Waals surface area contributed by atoms with Gasteiger partial charge in [-0.2, -0.15) is 0 Å². The Balaban J connectivity index is 1.43. The molecule has 0 spiro atoms. The van der Waals surface area contributed by atoms with Gasteiger partial charge in [0.1, 0.15) is 13.2 Å². The number of carbonyl (C=O) groups excluding carboxylic acids is 1. The molecule has 1 amide bonds. The molecule has 3 aliphatic rings. The molecule has 4 nitrogen and oxygen atoms in total. The Kier molecular flexibility index (Phi) is 3.65. The molecule has 1 N–H and O–H groups in total. The second-order valence-electron chi connectivity index (χ2n) is 6.55. The molecule has 1 aliphatic heterocycles. The highest BCUT2D eigenvalue weighted by Crippen LogP contribution is 2.44. The van der Waals surface area contributed by atoms with E-state index < -0.39 is 0 Å². The lowest BCUT2D eigenvalue weighted by atomic mass is 10.1. The van der Waals surface area contributed by atoms with Crippen LogP contribution < -0.4 is 14.8 Å². The summed E-state index contributed by atoms with van der Waals surface area (Å²) < 4.78 is 11.1. The summed E-state index contributed by atoms with van der Waals surface area (Å²) in [6.07, 6.45) is 5.38. The number of halogens is 1. The minimum Gasteiger partial charge on any atom is -0.486 e. The molecule has 0 bridgehead atoms. The molecule has 118 valence electrons. The van der Waals surface area contributed by atoms with Gasteiger partial charge in [-0.3, -0.25) is 4.79 Å². The fraction of sp³-hybridized carbons (Fsp3) is 0.588. The molecule has 0 radical (unpaired) electrons. The lowest BCUT2D eigenvalue weighted by Crippen LogP contribution is -2.38. The summed E-state index contributed by atoms with van der Waals surface area (Å²) >= 11 is 6.22. The van der Waals surface area contributed by atoms with Crippen LogP contribution in [0.3, 0.4) is 0 Å². The summed E-state index contributed by atoms with van der Waals surface area (Å²) in [6.45, 7) is 1.03. The molecule has 0 atom stereocenters. The molecular formula is C17H20ClNO3. The Morgan fingerprint density at radius 2 is 1.86 bits per heavy atom. The monoisotopic (exact) mass is 321 g/mol. The van der Waals surface area contributed by atoms with Crippen molar-refractivity contribution in [1.82, 2.24) is 5.32 Å². The summed E-state index contributed by atoms with van der Waals surface area (Å²) in [7, 11) is 0. The maximum Gasteiger partial charge on any atom is 0.224 e. The first-order valence-corrected chi connectivity index (χ1v) is 8.46. The summed E-state index contributed by atoms with van der Waals surface area (Å²) in [5.41, 5.74) is 0.872. The molecule has 0 unspecified atom stereocenters. The van der Waals surface area contributed by atoms with E-state index in [0.29, 0.717) is 54.0 Å². The van der Waals surface area contributed by atoms with Crippen LogP contribution in [0.1, 0.15) is 31.2 Å². The van der Waals surface area contributed by atoms with Crippen molar-refractivity contribution < 1.29 is 14.3 Å². The van der Waals surface area contributed by atoms with E-state index in [1.807, 2.05) is 6.07 Å². The van der Waals surface area contributed by atoms with Crippen LogP contribution in [-0.2, 0) is 11.2 Å². The van der Waals surface area contributed by atoms with E-state index in [1.165, 1.54) is 25.7 Å². The van der Waals surface area contributed by atoms with Crippen LogP contribution in [0.4, 0.5) is 0 Å². The van der Waals surface area contributed by atoms with Gasteiger partial charge >= 0.3 is 0 Å². The van der Waals surface area contributed by atoms with Gasteiger partial charge in [0.15, 0.2) is 11.5 Å². The van der Waals surface area contributed by atoms with E-state index in [2.05, 4.69) is 5.32 Å².